The standard InChI is InChI=1S/C9H14O.C9H14S.C8H7N.C6H10O.C6H10S.C5H5N.C5H10O.C4H5N.C4H8O.C4H4O.C3H3NO.C3H3NS.12C2H6/c2*1-2-6-7(3-1)9-5-4-8(6)10-9;1-2-4-8-7(3-1)5-6-9-8;2*1-2-6-4-3-5(1)7-6;2*1-2-4-6-5-3-1;3*1-2-4-5-3-1;2*1-2-5-3-4-1;12*1-2/h2*6-9H,1-5H2;1-6,9H;2*5-6H,1-4H2;1-5H;1-5H2;1-5H;1-4H2;1-4H;2*1-3H;12*1-2H3. The van der Waals surface area contributed by atoms with E-state index in [1.807, 2.05) is 245 Å². The monoisotopic (exact) mass is 1510 g/mol. The number of furan rings is 1. The maximum absolute atomic E-state index is 5.84. The molecule has 16 heterocycles. The normalized spacial score (nSPS) is 23.7. The number of thiazole rings is 1. The Morgan fingerprint density at radius 1 is 0.346 bits per heavy atom. The topological polar surface area (TPSA) is 133 Å². The Morgan fingerprint density at radius 2 is 0.808 bits per heavy atom. The van der Waals surface area contributed by atoms with Crippen LogP contribution in [-0.4, -0.2) is 96.8 Å². The van der Waals surface area contributed by atoms with Crippen LogP contribution < -0.4 is 0 Å². The predicted molar refractivity (Wildman–Crippen MR) is 466 cm³/mol. The summed E-state index contributed by atoms with van der Waals surface area (Å²) in [5.41, 5.74) is 3.00. The number of pyridine rings is 1. The molecule has 2 saturated carbocycles. The zero-order valence-electron chi connectivity index (χ0n) is 71.5. The number of H-pyrrole nitrogens is 2. The maximum atomic E-state index is 5.84. The van der Waals surface area contributed by atoms with Crippen LogP contribution in [0.5, 0.6) is 0 Å². The van der Waals surface area contributed by atoms with Crippen LogP contribution in [0.1, 0.15) is 314 Å². The lowest BCUT2D eigenvalue weighted by Gasteiger charge is -2.21. The SMILES string of the molecule is C1CC2C3CCC(O3)C2C1.C1CC2C3CCC(S3)C2C1.C1CC2CCC1O2.C1CC2CCC1S2.C1CCOC1.C1CCOCC1.CC.CC.CC.CC.CC.CC.CC.CC.CC.CC.CC.CC.c1cc[nH]c1.c1ccc2[nH]ccc2c1.c1ccncc1.c1ccoc1.c1cocn1.c1cscn1. The van der Waals surface area contributed by atoms with Gasteiger partial charge in [0, 0.05) is 95.5 Å². The number of rotatable bonds is 0. The molecule has 6 aromatic heterocycles. The van der Waals surface area contributed by atoms with Gasteiger partial charge in [-0.25, -0.2) is 4.98 Å². The number of oxazole rings is 1. The summed E-state index contributed by atoms with van der Waals surface area (Å²) in [6.07, 6.45) is 54.3. The van der Waals surface area contributed by atoms with Crippen molar-refractivity contribution in [2.75, 3.05) is 26.4 Å². The van der Waals surface area contributed by atoms with Crippen LogP contribution in [0.4, 0.5) is 0 Å². The summed E-state index contributed by atoms with van der Waals surface area (Å²) >= 11 is 6.16. The average molecular weight is 1510 g/mol. The molecule has 12 fully saturated rings. The third-order valence-corrected chi connectivity index (χ3v) is 21.0. The second-order valence-electron chi connectivity index (χ2n) is 22.3. The van der Waals surface area contributed by atoms with E-state index in [1.165, 1.54) is 151 Å². The van der Waals surface area contributed by atoms with E-state index in [2.05, 4.69) is 75.5 Å². The van der Waals surface area contributed by atoms with Crippen LogP contribution >= 0.6 is 34.9 Å². The van der Waals surface area contributed by atoms with Crippen molar-refractivity contribution >= 4 is 45.8 Å². The minimum absolute atomic E-state index is 0.671. The van der Waals surface area contributed by atoms with Crippen LogP contribution in [0, 0.1) is 23.7 Å². The van der Waals surface area contributed by atoms with Gasteiger partial charge in [-0.2, -0.15) is 23.5 Å². The van der Waals surface area contributed by atoms with E-state index in [4.69, 9.17) is 18.9 Å². The van der Waals surface area contributed by atoms with E-state index in [1.54, 1.807) is 86.3 Å². The molecule has 14 heteroatoms. The molecule has 10 aliphatic heterocycles. The van der Waals surface area contributed by atoms with Crippen molar-refractivity contribution in [3.8, 4) is 0 Å². The van der Waals surface area contributed by atoms with Gasteiger partial charge in [-0.15, -0.1) is 11.3 Å². The average Bonchev–Trinajstić information content (AvgIpc) is 1.63. The predicted octanol–water partition coefficient (Wildman–Crippen LogP) is 29.7. The molecular weight excluding hydrogens is 1340 g/mol. The van der Waals surface area contributed by atoms with E-state index in [0.29, 0.717) is 24.4 Å². The second kappa shape index (κ2) is 87.8. The highest BCUT2D eigenvalue weighted by Crippen LogP contribution is 2.59. The van der Waals surface area contributed by atoms with E-state index in [0.717, 1.165) is 59.3 Å². The summed E-state index contributed by atoms with van der Waals surface area (Å²) < 4.78 is 30.4. The fraction of sp³-hybridized carbons (Fsp3) is 0.700. The summed E-state index contributed by atoms with van der Waals surface area (Å²) in [4.78, 5) is 17.1. The van der Waals surface area contributed by atoms with Gasteiger partial charge in [-0.3, -0.25) is 9.97 Å². The Hall–Kier alpha value is -4.15. The number of hydrogen-bond acceptors (Lipinski definition) is 12. The van der Waals surface area contributed by atoms with Gasteiger partial charge in [-0.05, 0) is 212 Å². The summed E-state index contributed by atoms with van der Waals surface area (Å²) in [6.45, 7) is 52.0. The fourth-order valence-electron chi connectivity index (χ4n) is 13.0. The highest BCUT2D eigenvalue weighted by molar-refractivity contribution is 8.01. The van der Waals surface area contributed by atoms with Crippen LogP contribution in [-0.2, 0) is 18.9 Å². The van der Waals surface area contributed by atoms with E-state index >= 15 is 0 Å². The largest absolute Gasteiger partial charge is 0.473 e. The minimum atomic E-state index is 0.671. The van der Waals surface area contributed by atoms with Crippen LogP contribution in [0.25, 0.3) is 10.9 Å². The lowest BCUT2D eigenvalue weighted by atomic mass is 9.82. The van der Waals surface area contributed by atoms with Crippen molar-refractivity contribution in [2.24, 2.45) is 23.7 Å². The van der Waals surface area contributed by atoms with Gasteiger partial charge >= 0.3 is 0 Å². The first kappa shape index (κ1) is 108. The van der Waals surface area contributed by atoms with Crippen molar-refractivity contribution in [3.05, 3.63) is 152 Å². The second-order valence-corrected chi connectivity index (χ2v) is 26.1. The van der Waals surface area contributed by atoms with Crippen molar-refractivity contribution in [2.45, 2.75) is 359 Å². The number of benzene rings is 1. The maximum Gasteiger partial charge on any atom is 0.180 e. The molecule has 19 rings (SSSR count). The van der Waals surface area contributed by atoms with Crippen LogP contribution in [0.15, 0.2) is 161 Å². The third kappa shape index (κ3) is 52.8. The Labute approximate surface area is 655 Å². The lowest BCUT2D eigenvalue weighted by molar-refractivity contribution is 0.0814. The lowest BCUT2D eigenvalue weighted by Crippen LogP contribution is -2.21. The number of aromatic nitrogens is 5. The van der Waals surface area contributed by atoms with Gasteiger partial charge < -0.3 is 37.7 Å². The molecule has 604 valence electrons. The third-order valence-electron chi connectivity index (χ3n) is 16.9. The number of para-hydroxylation sites is 1. The number of ether oxygens (including phenoxy) is 4. The minimum Gasteiger partial charge on any atom is -0.473 e. The van der Waals surface area contributed by atoms with E-state index in [9.17, 15) is 0 Å². The molecule has 0 amide bonds. The van der Waals surface area contributed by atoms with Crippen molar-refractivity contribution < 1.29 is 27.8 Å². The molecule has 10 saturated heterocycles. The van der Waals surface area contributed by atoms with Gasteiger partial charge in [0.05, 0.1) is 48.6 Å². The van der Waals surface area contributed by atoms with Crippen molar-refractivity contribution in [1.29, 1.82) is 0 Å². The molecule has 7 aromatic rings. The molecule has 0 spiro atoms. The number of nitrogens with zero attached hydrogens (tertiary/aromatic N) is 3. The Balaban J connectivity index is -0.000000336. The summed E-state index contributed by atoms with van der Waals surface area (Å²) in [6, 6.07) is 23.6. The Morgan fingerprint density at radius 3 is 1.08 bits per heavy atom. The molecule has 8 unspecified atom stereocenters. The van der Waals surface area contributed by atoms with Gasteiger partial charge in [0.2, 0.25) is 0 Å². The van der Waals surface area contributed by atoms with Crippen molar-refractivity contribution in [1.82, 2.24) is 24.9 Å². The molecule has 104 heavy (non-hydrogen) atoms. The zero-order valence-corrected chi connectivity index (χ0v) is 73.9. The molecule has 8 bridgehead atoms. The summed E-state index contributed by atoms with van der Waals surface area (Å²) in [7, 11) is 0. The van der Waals surface area contributed by atoms with Gasteiger partial charge in [0.25, 0.3) is 0 Å². The molecule has 2 aliphatic carbocycles. The molecule has 8 atom stereocenters. The first-order valence-corrected chi connectivity index (χ1v) is 45.4. The number of thioether (sulfide) groups is 2. The fourth-order valence-corrected chi connectivity index (χ4v) is 17.1. The highest BCUT2D eigenvalue weighted by atomic mass is 32.2. The molecule has 12 aliphatic rings. The Bertz CT molecular complexity index is 2070. The van der Waals surface area contributed by atoms with Gasteiger partial charge in [0.15, 0.2) is 6.39 Å². The zero-order chi connectivity index (χ0) is 78.8. The Kier molecular flexibility index (Phi) is 91.5. The number of hydrogen-bond donors (Lipinski definition) is 2. The molecule has 1 aromatic carbocycles. The van der Waals surface area contributed by atoms with Crippen molar-refractivity contribution in [3.63, 3.8) is 0 Å². The quantitative estimate of drug-likeness (QED) is 0.150. The van der Waals surface area contributed by atoms with E-state index < -0.39 is 0 Å². The van der Waals surface area contributed by atoms with Crippen LogP contribution in [0.3, 0.4) is 0 Å². The first-order valence-electron chi connectivity index (χ1n) is 42.6. The number of aromatic amines is 2. The molecule has 0 radical (unpaired) electrons. The number of fused-ring (bicyclic) bond motifs is 15. The summed E-state index contributed by atoms with van der Waals surface area (Å²) in [5, 5.41) is 7.60. The van der Waals surface area contributed by atoms with Gasteiger partial charge in [-0.1, -0.05) is 203 Å². The first-order chi connectivity index (χ1) is 51.8. The van der Waals surface area contributed by atoms with E-state index in [-0.39, 0.29) is 0 Å². The highest BCUT2D eigenvalue weighted by Gasteiger charge is 2.51. The van der Waals surface area contributed by atoms with Gasteiger partial charge in [0.1, 0.15) is 6.26 Å². The number of nitrogens with one attached hydrogen (secondary N) is 2. The summed E-state index contributed by atoms with van der Waals surface area (Å²) in [5.74, 6) is 4.31. The molecule has 2 N–H and O–H groups in total. The molecule has 11 nitrogen and oxygen atoms in total. The molecular formula is C90H165N5O6S3. The van der Waals surface area contributed by atoms with Crippen LogP contribution in [0.2, 0.25) is 0 Å². The smallest absolute Gasteiger partial charge is 0.180 e.